The van der Waals surface area contributed by atoms with E-state index in [0.717, 1.165) is 23.9 Å². The number of aromatic nitrogens is 3. The first kappa shape index (κ1) is 31.7. The number of benzene rings is 1. The van der Waals surface area contributed by atoms with Crippen molar-refractivity contribution in [3.8, 4) is 0 Å². The first-order chi connectivity index (χ1) is 20.8. The Labute approximate surface area is 265 Å². The number of hydrogen-bond acceptors (Lipinski definition) is 7. The quantitative estimate of drug-likeness (QED) is 0.175. The number of hydrogen-bond donors (Lipinski definition) is 1. The van der Waals surface area contributed by atoms with Crippen molar-refractivity contribution in [3.05, 3.63) is 49.6 Å². The normalized spacial score (nSPS) is 27.5. The Morgan fingerprint density at radius 2 is 1.91 bits per heavy atom. The van der Waals surface area contributed by atoms with Crippen LogP contribution < -0.4 is 0 Å². The van der Waals surface area contributed by atoms with Crippen LogP contribution in [-0.4, -0.2) is 106 Å². The zero-order valence-corrected chi connectivity index (χ0v) is 27.1. The number of aliphatic hydroxyl groups excluding tert-OH is 1. The number of fused-ring (bicyclic) bond motifs is 2. The van der Waals surface area contributed by atoms with Crippen molar-refractivity contribution >= 4 is 56.4 Å². The minimum Gasteiger partial charge on any atom is -0.396 e. The Morgan fingerprint density at radius 3 is 2.63 bits per heavy atom. The van der Waals surface area contributed by atoms with Crippen LogP contribution in [0.3, 0.4) is 0 Å². The number of aliphatic hydroxyl groups is 1. The highest BCUT2D eigenvalue weighted by Gasteiger charge is 2.76. The number of thioether (sulfide) groups is 1. The molecule has 232 valence electrons. The number of nitrogens with zero attached hydrogens (tertiary/aromatic N) is 6. The monoisotopic (exact) mass is 672 g/mol. The van der Waals surface area contributed by atoms with E-state index < -0.39 is 22.6 Å². The van der Waals surface area contributed by atoms with Gasteiger partial charge in [0.25, 0.3) is 0 Å². The van der Waals surface area contributed by atoms with Gasteiger partial charge in [-0.05, 0) is 44.2 Å². The van der Waals surface area contributed by atoms with E-state index in [4.69, 9.17) is 0 Å². The summed E-state index contributed by atoms with van der Waals surface area (Å²) in [5.41, 5.74) is 1.54. The second-order valence-corrected chi connectivity index (χ2v) is 14.3. The van der Waals surface area contributed by atoms with Gasteiger partial charge in [0.2, 0.25) is 17.7 Å². The van der Waals surface area contributed by atoms with Crippen molar-refractivity contribution in [3.63, 3.8) is 0 Å². The predicted octanol–water partition coefficient (Wildman–Crippen LogP) is 3.46. The second-order valence-electron chi connectivity index (χ2n) is 11.6. The SMILES string of the molecule is C=CCN(Cn1nnc2ccccc21)C(=O)C1N(CCCCCO)C(=O)[C@@H]2[C@@H](C(=O)N(CC=C)CCC)[C@@H]3SC12CC3Br. The van der Waals surface area contributed by atoms with Crippen molar-refractivity contribution in [2.24, 2.45) is 11.8 Å². The third kappa shape index (κ3) is 5.66. The van der Waals surface area contributed by atoms with Crippen LogP contribution in [0.5, 0.6) is 0 Å². The summed E-state index contributed by atoms with van der Waals surface area (Å²) in [6.45, 7) is 11.7. The maximum atomic E-state index is 14.7. The number of halogens is 1. The fourth-order valence-electron chi connectivity index (χ4n) is 7.16. The molecule has 10 nitrogen and oxygen atoms in total. The molecule has 4 heterocycles. The standard InChI is InChI=1S/C31H41BrN6O4S/c1-4-14-35(15-5-2)28(40)24-25-29(41)37(17-10-7-11-18-39)27(31(25)19-21(32)26(24)43-31)30(42)36(16-6-3)20-38-23-13-9-8-12-22(23)33-34-38/h4,6,8-9,12-13,21,24-27,39H,1,3,5,7,10-11,14-20H2,2H3/t21?,24-,25+,26-,27?,31?/m1/s1. The fraction of sp³-hybridized carbons (Fsp3) is 0.581. The number of para-hydroxylation sites is 1. The number of carbonyl (C=O) groups excluding carboxylic acids is 3. The molecule has 0 radical (unpaired) electrons. The maximum Gasteiger partial charge on any atom is 0.248 e. The Balaban J connectivity index is 1.52. The summed E-state index contributed by atoms with van der Waals surface area (Å²) in [7, 11) is 0. The van der Waals surface area contributed by atoms with Gasteiger partial charge in [-0.3, -0.25) is 14.4 Å². The number of likely N-dealkylation sites (tertiary alicyclic amines) is 1. The minimum atomic E-state index is -0.736. The third-order valence-corrected chi connectivity index (χ3v) is 12.1. The van der Waals surface area contributed by atoms with Gasteiger partial charge in [-0.1, -0.05) is 52.4 Å². The molecule has 3 saturated heterocycles. The molecule has 3 amide bonds. The van der Waals surface area contributed by atoms with E-state index in [1.54, 1.807) is 43.3 Å². The highest BCUT2D eigenvalue weighted by atomic mass is 79.9. The molecule has 6 atom stereocenters. The lowest BCUT2D eigenvalue weighted by Gasteiger charge is -2.38. The molecule has 1 N–H and O–H groups in total. The number of rotatable bonds is 15. The lowest BCUT2D eigenvalue weighted by atomic mass is 9.70. The number of unbranched alkanes of at least 4 members (excludes halogenated alkanes) is 2. The van der Waals surface area contributed by atoms with Crippen molar-refractivity contribution in [1.29, 1.82) is 0 Å². The van der Waals surface area contributed by atoms with Crippen LogP contribution in [0.1, 0.15) is 39.0 Å². The highest BCUT2D eigenvalue weighted by Crippen LogP contribution is 2.68. The Bertz CT molecular complexity index is 1370. The lowest BCUT2D eigenvalue weighted by molar-refractivity contribution is -0.145. The van der Waals surface area contributed by atoms with E-state index in [9.17, 15) is 19.5 Å². The fourth-order valence-corrected chi connectivity index (χ4v) is 10.8. The summed E-state index contributed by atoms with van der Waals surface area (Å²) in [5.74, 6) is -1.43. The van der Waals surface area contributed by atoms with Crippen LogP contribution in [0.15, 0.2) is 49.6 Å². The molecule has 3 fully saturated rings. The zero-order valence-electron chi connectivity index (χ0n) is 24.7. The number of alkyl halides is 1. The molecule has 2 bridgehead atoms. The summed E-state index contributed by atoms with van der Waals surface area (Å²) in [6.07, 6.45) is 6.87. The smallest absolute Gasteiger partial charge is 0.248 e. The van der Waals surface area contributed by atoms with Gasteiger partial charge in [0.1, 0.15) is 18.2 Å². The van der Waals surface area contributed by atoms with E-state index >= 15 is 0 Å². The average Bonchev–Trinajstić information content (AvgIpc) is 3.72. The molecule has 1 aromatic heterocycles. The molecule has 43 heavy (non-hydrogen) atoms. The first-order valence-electron chi connectivity index (χ1n) is 15.1. The van der Waals surface area contributed by atoms with Gasteiger partial charge < -0.3 is 19.8 Å². The molecular weight excluding hydrogens is 632 g/mol. The largest absolute Gasteiger partial charge is 0.396 e. The van der Waals surface area contributed by atoms with Gasteiger partial charge in [-0.25, -0.2) is 4.68 Å². The van der Waals surface area contributed by atoms with Crippen molar-refractivity contribution in [2.45, 2.75) is 66.6 Å². The second kappa shape index (κ2) is 13.5. The topological polar surface area (TPSA) is 112 Å². The molecule has 0 saturated carbocycles. The summed E-state index contributed by atoms with van der Waals surface area (Å²) in [5, 5.41) is 17.8. The van der Waals surface area contributed by atoms with Gasteiger partial charge in [-0.2, -0.15) is 0 Å². The first-order valence-corrected chi connectivity index (χ1v) is 16.9. The molecule has 3 aliphatic heterocycles. The van der Waals surface area contributed by atoms with E-state index in [-0.39, 0.29) is 47.6 Å². The van der Waals surface area contributed by atoms with Crippen molar-refractivity contribution in [1.82, 2.24) is 29.7 Å². The molecule has 3 aliphatic rings. The van der Waals surface area contributed by atoms with Gasteiger partial charge in [0, 0.05) is 42.9 Å². The van der Waals surface area contributed by atoms with Crippen molar-refractivity contribution in [2.75, 3.05) is 32.8 Å². The minimum absolute atomic E-state index is 0.000500. The third-order valence-electron chi connectivity index (χ3n) is 8.91. The average molecular weight is 674 g/mol. The van der Waals surface area contributed by atoms with E-state index in [0.29, 0.717) is 38.9 Å². The Kier molecular flexibility index (Phi) is 9.97. The zero-order chi connectivity index (χ0) is 30.7. The Hall–Kier alpha value is -2.70. The maximum absolute atomic E-state index is 14.7. The number of carbonyl (C=O) groups is 3. The summed E-state index contributed by atoms with van der Waals surface area (Å²) in [6, 6.07) is 6.86. The van der Waals surface area contributed by atoms with Gasteiger partial charge in [0.05, 0.1) is 22.1 Å². The highest BCUT2D eigenvalue weighted by molar-refractivity contribution is 9.09. The molecular formula is C31H41BrN6O4S. The molecule has 2 aromatic rings. The molecule has 3 unspecified atom stereocenters. The van der Waals surface area contributed by atoms with Gasteiger partial charge >= 0.3 is 0 Å². The molecule has 12 heteroatoms. The summed E-state index contributed by atoms with van der Waals surface area (Å²) < 4.78 is 0.964. The summed E-state index contributed by atoms with van der Waals surface area (Å²) >= 11 is 5.51. The number of amides is 3. The molecule has 1 spiro atoms. The van der Waals surface area contributed by atoms with Crippen LogP contribution >= 0.6 is 27.7 Å². The van der Waals surface area contributed by atoms with E-state index in [2.05, 4.69) is 39.4 Å². The van der Waals surface area contributed by atoms with E-state index in [1.807, 2.05) is 31.2 Å². The van der Waals surface area contributed by atoms with Crippen LogP contribution in [0.2, 0.25) is 0 Å². The summed E-state index contributed by atoms with van der Waals surface area (Å²) in [4.78, 5) is 48.5. The Morgan fingerprint density at radius 1 is 1.16 bits per heavy atom. The lowest BCUT2D eigenvalue weighted by Crippen LogP contribution is -2.56. The van der Waals surface area contributed by atoms with Gasteiger partial charge in [-0.15, -0.1) is 30.0 Å². The van der Waals surface area contributed by atoms with Crippen molar-refractivity contribution < 1.29 is 19.5 Å². The van der Waals surface area contributed by atoms with Gasteiger partial charge in [0.15, 0.2) is 0 Å². The molecule has 5 rings (SSSR count). The van der Waals surface area contributed by atoms with Crippen LogP contribution in [0.25, 0.3) is 11.0 Å². The van der Waals surface area contributed by atoms with Crippen LogP contribution in [0.4, 0.5) is 0 Å². The molecule has 1 aromatic carbocycles. The molecule has 0 aliphatic carbocycles. The van der Waals surface area contributed by atoms with Crippen LogP contribution in [0, 0.1) is 11.8 Å². The van der Waals surface area contributed by atoms with E-state index in [1.165, 1.54) is 0 Å². The predicted molar refractivity (Wildman–Crippen MR) is 171 cm³/mol. The van der Waals surface area contributed by atoms with Crippen LogP contribution in [-0.2, 0) is 21.1 Å².